The summed E-state index contributed by atoms with van der Waals surface area (Å²) in [6.07, 6.45) is 3.20. The van der Waals surface area contributed by atoms with Gasteiger partial charge in [0.05, 0.1) is 0 Å². The van der Waals surface area contributed by atoms with E-state index in [4.69, 9.17) is 4.74 Å². The number of rotatable bonds is 1. The first-order chi connectivity index (χ1) is 7.34. The van der Waals surface area contributed by atoms with E-state index in [-0.39, 0.29) is 12.1 Å². The minimum atomic E-state index is -0.0923. The molecule has 0 radical (unpaired) electrons. The number of fused-ring (bicyclic) bond motifs is 1. The molecule has 1 unspecified atom stereocenters. The minimum Gasteiger partial charge on any atom is -0.457 e. The van der Waals surface area contributed by atoms with Crippen molar-refractivity contribution in [1.29, 1.82) is 0 Å². The van der Waals surface area contributed by atoms with Gasteiger partial charge >= 0.3 is 5.97 Å². The Labute approximate surface area is 87.1 Å². The number of carbonyl (C=O) groups excluding carboxylic acids is 1. The second-order valence-corrected chi connectivity index (χ2v) is 3.81. The third-order valence-corrected chi connectivity index (χ3v) is 2.85. The average molecular weight is 201 g/mol. The van der Waals surface area contributed by atoms with Crippen molar-refractivity contribution in [3.8, 4) is 0 Å². The molecule has 3 nitrogen and oxygen atoms in total. The van der Waals surface area contributed by atoms with E-state index in [0.29, 0.717) is 6.42 Å². The van der Waals surface area contributed by atoms with Gasteiger partial charge in [0.25, 0.3) is 0 Å². The van der Waals surface area contributed by atoms with Crippen LogP contribution in [0.4, 0.5) is 0 Å². The van der Waals surface area contributed by atoms with Gasteiger partial charge in [-0.25, -0.2) is 0 Å². The van der Waals surface area contributed by atoms with Gasteiger partial charge in [-0.05, 0) is 12.5 Å². The lowest BCUT2D eigenvalue weighted by Crippen LogP contribution is -1.97. The molecule has 1 aromatic heterocycles. The summed E-state index contributed by atoms with van der Waals surface area (Å²) in [6.45, 7) is 0. The van der Waals surface area contributed by atoms with E-state index in [9.17, 15) is 4.79 Å². The van der Waals surface area contributed by atoms with Gasteiger partial charge in [0.15, 0.2) is 0 Å². The Hall–Kier alpha value is -1.77. The van der Waals surface area contributed by atoms with Crippen LogP contribution in [0.1, 0.15) is 24.5 Å². The highest BCUT2D eigenvalue weighted by Gasteiger charge is 2.26. The van der Waals surface area contributed by atoms with E-state index in [2.05, 4.69) is 4.98 Å². The largest absolute Gasteiger partial charge is 0.457 e. The molecule has 1 saturated heterocycles. The summed E-state index contributed by atoms with van der Waals surface area (Å²) in [7, 11) is 0. The Balaban J connectivity index is 2.07. The molecule has 1 fully saturated rings. The van der Waals surface area contributed by atoms with Gasteiger partial charge in [0.2, 0.25) is 0 Å². The normalized spacial score (nSPS) is 20.8. The average Bonchev–Trinajstić information content (AvgIpc) is 2.83. The fourth-order valence-electron chi connectivity index (χ4n) is 2.10. The molecule has 0 aliphatic carbocycles. The lowest BCUT2D eigenvalue weighted by molar-refractivity contribution is -0.141. The molecule has 1 atom stereocenters. The zero-order valence-electron chi connectivity index (χ0n) is 8.19. The first-order valence-corrected chi connectivity index (χ1v) is 5.10. The van der Waals surface area contributed by atoms with Crippen LogP contribution in [0.5, 0.6) is 0 Å². The molecular weight excluding hydrogens is 190 g/mol. The van der Waals surface area contributed by atoms with Gasteiger partial charge in [0, 0.05) is 29.1 Å². The SMILES string of the molecule is O=C1CCC(c2c[nH]c3ccccc23)O1. The number of esters is 1. The van der Waals surface area contributed by atoms with E-state index >= 15 is 0 Å². The molecule has 15 heavy (non-hydrogen) atoms. The monoisotopic (exact) mass is 201 g/mol. The third kappa shape index (κ3) is 1.31. The number of para-hydroxylation sites is 1. The van der Waals surface area contributed by atoms with Crippen molar-refractivity contribution in [2.45, 2.75) is 18.9 Å². The van der Waals surface area contributed by atoms with E-state index in [1.807, 2.05) is 30.5 Å². The molecule has 0 amide bonds. The molecule has 1 aliphatic rings. The number of H-pyrrole nitrogens is 1. The summed E-state index contributed by atoms with van der Waals surface area (Å²) in [5.74, 6) is -0.0923. The Bertz CT molecular complexity index is 515. The lowest BCUT2D eigenvalue weighted by Gasteiger charge is -2.06. The zero-order valence-corrected chi connectivity index (χ0v) is 8.19. The van der Waals surface area contributed by atoms with Crippen molar-refractivity contribution in [3.63, 3.8) is 0 Å². The number of benzene rings is 1. The van der Waals surface area contributed by atoms with Crippen molar-refractivity contribution in [3.05, 3.63) is 36.0 Å². The molecule has 76 valence electrons. The van der Waals surface area contributed by atoms with Crippen molar-refractivity contribution in [2.24, 2.45) is 0 Å². The molecule has 3 rings (SSSR count). The lowest BCUT2D eigenvalue weighted by atomic mass is 10.1. The predicted octanol–water partition coefficient (Wildman–Crippen LogP) is 2.55. The quantitative estimate of drug-likeness (QED) is 0.720. The van der Waals surface area contributed by atoms with Gasteiger partial charge in [-0.15, -0.1) is 0 Å². The highest BCUT2D eigenvalue weighted by molar-refractivity contribution is 5.84. The number of nitrogens with one attached hydrogen (secondary N) is 1. The fourth-order valence-corrected chi connectivity index (χ4v) is 2.10. The minimum absolute atomic E-state index is 0.0614. The smallest absolute Gasteiger partial charge is 0.306 e. The molecule has 0 bridgehead atoms. The Morgan fingerprint density at radius 3 is 3.00 bits per heavy atom. The van der Waals surface area contributed by atoms with Crippen LogP contribution in [0.2, 0.25) is 0 Å². The van der Waals surface area contributed by atoms with Gasteiger partial charge in [-0.3, -0.25) is 4.79 Å². The van der Waals surface area contributed by atoms with E-state index in [0.717, 1.165) is 22.9 Å². The van der Waals surface area contributed by atoms with Gasteiger partial charge in [-0.2, -0.15) is 0 Å². The maximum atomic E-state index is 11.1. The van der Waals surface area contributed by atoms with Crippen LogP contribution in [0.25, 0.3) is 10.9 Å². The van der Waals surface area contributed by atoms with Crippen LogP contribution >= 0.6 is 0 Å². The Morgan fingerprint density at radius 1 is 1.33 bits per heavy atom. The molecule has 3 heteroatoms. The molecular formula is C12H11NO2. The standard InChI is InChI=1S/C12H11NO2/c14-12-6-5-11(15-12)9-7-13-10-4-2-1-3-8(9)10/h1-4,7,11,13H,5-6H2. The second kappa shape index (κ2) is 3.12. The molecule has 0 saturated carbocycles. The summed E-state index contributed by atoms with van der Waals surface area (Å²) < 4.78 is 5.25. The number of carbonyl (C=O) groups is 1. The van der Waals surface area contributed by atoms with E-state index < -0.39 is 0 Å². The maximum absolute atomic E-state index is 11.1. The highest BCUT2D eigenvalue weighted by atomic mass is 16.5. The van der Waals surface area contributed by atoms with Gasteiger partial charge in [-0.1, -0.05) is 18.2 Å². The van der Waals surface area contributed by atoms with Crippen LogP contribution < -0.4 is 0 Å². The Kier molecular flexibility index (Phi) is 1.78. The van der Waals surface area contributed by atoms with Crippen LogP contribution in [0.3, 0.4) is 0 Å². The van der Waals surface area contributed by atoms with Crippen LogP contribution in [-0.2, 0) is 9.53 Å². The molecule has 2 aromatic rings. The number of hydrogen-bond donors (Lipinski definition) is 1. The summed E-state index contributed by atoms with van der Waals surface area (Å²) in [6, 6.07) is 8.06. The number of hydrogen-bond acceptors (Lipinski definition) is 2. The van der Waals surface area contributed by atoms with E-state index in [1.165, 1.54) is 0 Å². The van der Waals surface area contributed by atoms with Gasteiger partial charge < -0.3 is 9.72 Å². The van der Waals surface area contributed by atoms with Crippen LogP contribution in [0, 0.1) is 0 Å². The third-order valence-electron chi connectivity index (χ3n) is 2.85. The maximum Gasteiger partial charge on any atom is 0.306 e. The van der Waals surface area contributed by atoms with Crippen LogP contribution in [0.15, 0.2) is 30.5 Å². The molecule has 2 heterocycles. The highest BCUT2D eigenvalue weighted by Crippen LogP contribution is 2.33. The predicted molar refractivity (Wildman–Crippen MR) is 56.4 cm³/mol. The molecule has 1 N–H and O–H groups in total. The first kappa shape index (κ1) is 8.53. The summed E-state index contributed by atoms with van der Waals surface area (Å²) in [5, 5.41) is 1.15. The van der Waals surface area contributed by atoms with E-state index in [1.54, 1.807) is 0 Å². The van der Waals surface area contributed by atoms with Crippen molar-refractivity contribution in [1.82, 2.24) is 4.98 Å². The molecule has 0 spiro atoms. The zero-order chi connectivity index (χ0) is 10.3. The van der Waals surface area contributed by atoms with Crippen molar-refractivity contribution < 1.29 is 9.53 Å². The van der Waals surface area contributed by atoms with Gasteiger partial charge in [0.1, 0.15) is 6.10 Å². The molecule has 1 aromatic carbocycles. The molecule has 1 aliphatic heterocycles. The van der Waals surface area contributed by atoms with Crippen LogP contribution in [-0.4, -0.2) is 11.0 Å². The fraction of sp³-hybridized carbons (Fsp3) is 0.250. The summed E-state index contributed by atoms with van der Waals surface area (Å²) in [4.78, 5) is 14.2. The topological polar surface area (TPSA) is 42.1 Å². The van der Waals surface area contributed by atoms with Crippen molar-refractivity contribution in [2.75, 3.05) is 0 Å². The first-order valence-electron chi connectivity index (χ1n) is 5.10. The number of aromatic nitrogens is 1. The van der Waals surface area contributed by atoms with Crippen molar-refractivity contribution >= 4 is 16.9 Å². The second-order valence-electron chi connectivity index (χ2n) is 3.81. The Morgan fingerprint density at radius 2 is 2.20 bits per heavy atom. The number of cyclic esters (lactones) is 1. The number of ether oxygens (including phenoxy) is 1. The number of aromatic amines is 1. The summed E-state index contributed by atoms with van der Waals surface area (Å²) in [5.41, 5.74) is 2.19. The summed E-state index contributed by atoms with van der Waals surface area (Å²) >= 11 is 0.